The highest BCUT2D eigenvalue weighted by molar-refractivity contribution is 7.89. The van der Waals surface area contributed by atoms with Gasteiger partial charge in [0.05, 0.1) is 4.92 Å². The van der Waals surface area contributed by atoms with E-state index in [2.05, 4.69) is 4.90 Å². The topological polar surface area (TPSA) is 93.0 Å². The van der Waals surface area contributed by atoms with Gasteiger partial charge in [0, 0.05) is 44.0 Å². The molecule has 178 valence electrons. The van der Waals surface area contributed by atoms with Crippen LogP contribution < -0.4 is 9.64 Å². The first-order chi connectivity index (χ1) is 16.1. The zero-order chi connectivity index (χ0) is 24.5. The SMILES string of the molecule is Cc1ccc(N2CCN(S(=O)(=O)c3cc([N+](=O)[O-])ccc3Oc3cc(C)cc(C)c3)CC2)cc1. The number of nitro benzene ring substituents is 1. The first-order valence-corrected chi connectivity index (χ1v) is 12.4. The van der Waals surface area contributed by atoms with Crippen molar-refractivity contribution in [3.05, 3.63) is 87.5 Å². The predicted octanol–water partition coefficient (Wildman–Crippen LogP) is 4.82. The number of sulfonamides is 1. The second-order valence-electron chi connectivity index (χ2n) is 8.54. The van der Waals surface area contributed by atoms with Gasteiger partial charge in [0.1, 0.15) is 16.4 Å². The number of hydrogen-bond acceptors (Lipinski definition) is 6. The Kier molecular flexibility index (Phi) is 6.58. The molecule has 34 heavy (non-hydrogen) atoms. The van der Waals surface area contributed by atoms with Gasteiger partial charge >= 0.3 is 0 Å². The van der Waals surface area contributed by atoms with Crippen LogP contribution in [0.4, 0.5) is 11.4 Å². The van der Waals surface area contributed by atoms with Crippen molar-refractivity contribution in [1.29, 1.82) is 0 Å². The average molecular weight is 482 g/mol. The number of rotatable bonds is 6. The van der Waals surface area contributed by atoms with Crippen LogP contribution in [0, 0.1) is 30.9 Å². The van der Waals surface area contributed by atoms with E-state index in [4.69, 9.17) is 4.74 Å². The molecule has 3 aromatic rings. The average Bonchev–Trinajstić information content (AvgIpc) is 2.79. The molecule has 8 nitrogen and oxygen atoms in total. The van der Waals surface area contributed by atoms with E-state index in [0.717, 1.165) is 28.4 Å². The van der Waals surface area contributed by atoms with Gasteiger partial charge in [0.15, 0.2) is 0 Å². The van der Waals surface area contributed by atoms with Gasteiger partial charge in [-0.1, -0.05) is 23.8 Å². The monoisotopic (exact) mass is 481 g/mol. The Bertz CT molecular complexity index is 1290. The van der Waals surface area contributed by atoms with Crippen LogP contribution in [0.5, 0.6) is 11.5 Å². The predicted molar refractivity (Wildman–Crippen MR) is 131 cm³/mol. The second kappa shape index (κ2) is 9.44. The molecule has 0 bridgehead atoms. The quantitative estimate of drug-likeness (QED) is 0.370. The van der Waals surface area contributed by atoms with Crippen molar-refractivity contribution in [3.8, 4) is 11.5 Å². The molecule has 1 fully saturated rings. The lowest BCUT2D eigenvalue weighted by Crippen LogP contribution is -2.48. The molecule has 0 atom stereocenters. The van der Waals surface area contributed by atoms with Gasteiger partial charge in [-0.2, -0.15) is 4.31 Å². The number of aryl methyl sites for hydroxylation is 3. The third kappa shape index (κ3) is 5.05. The van der Waals surface area contributed by atoms with Crippen LogP contribution in [0.2, 0.25) is 0 Å². The standard InChI is InChI=1S/C25H27N3O5S/c1-18-4-6-21(7-5-18)26-10-12-27(13-11-26)34(31,32)25-17-22(28(29)30)8-9-24(25)33-23-15-19(2)14-20(3)16-23/h4-9,14-17H,10-13H2,1-3H3. The van der Waals surface area contributed by atoms with Gasteiger partial charge in [-0.25, -0.2) is 8.42 Å². The summed E-state index contributed by atoms with van der Waals surface area (Å²) in [5.41, 5.74) is 3.83. The molecule has 0 spiro atoms. The summed E-state index contributed by atoms with van der Waals surface area (Å²) in [6.45, 7) is 7.42. The maximum absolute atomic E-state index is 13.6. The summed E-state index contributed by atoms with van der Waals surface area (Å²) in [6, 6.07) is 17.4. The molecular weight excluding hydrogens is 454 g/mol. The van der Waals surface area contributed by atoms with Crippen molar-refractivity contribution in [2.24, 2.45) is 0 Å². The third-order valence-corrected chi connectivity index (χ3v) is 7.74. The first kappa shape index (κ1) is 23.7. The molecule has 3 aromatic carbocycles. The van der Waals surface area contributed by atoms with Gasteiger partial charge < -0.3 is 9.64 Å². The van der Waals surface area contributed by atoms with Crippen molar-refractivity contribution < 1.29 is 18.1 Å². The van der Waals surface area contributed by atoms with Crippen molar-refractivity contribution in [3.63, 3.8) is 0 Å². The summed E-state index contributed by atoms with van der Waals surface area (Å²) in [7, 11) is -4.02. The molecule has 0 radical (unpaired) electrons. The fourth-order valence-corrected chi connectivity index (χ4v) is 5.65. The van der Waals surface area contributed by atoms with E-state index >= 15 is 0 Å². The van der Waals surface area contributed by atoms with E-state index in [0.29, 0.717) is 18.8 Å². The van der Waals surface area contributed by atoms with Crippen LogP contribution in [-0.4, -0.2) is 43.8 Å². The molecule has 0 aromatic heterocycles. The Labute approximate surface area is 199 Å². The minimum absolute atomic E-state index is 0.0663. The Morgan fingerprint density at radius 1 is 0.824 bits per heavy atom. The summed E-state index contributed by atoms with van der Waals surface area (Å²) < 4.78 is 34.5. The third-order valence-electron chi connectivity index (χ3n) is 5.82. The number of nitro groups is 1. The fourth-order valence-electron chi connectivity index (χ4n) is 4.10. The zero-order valence-electron chi connectivity index (χ0n) is 19.4. The fraction of sp³-hybridized carbons (Fsp3) is 0.280. The highest BCUT2D eigenvalue weighted by Crippen LogP contribution is 2.35. The number of hydrogen-bond donors (Lipinski definition) is 0. The van der Waals surface area contributed by atoms with Gasteiger partial charge in [-0.3, -0.25) is 10.1 Å². The summed E-state index contributed by atoms with van der Waals surface area (Å²) in [6.07, 6.45) is 0. The Hall–Kier alpha value is -3.43. The van der Waals surface area contributed by atoms with Crippen molar-refractivity contribution >= 4 is 21.4 Å². The number of piperazine rings is 1. The van der Waals surface area contributed by atoms with Crippen LogP contribution in [0.15, 0.2) is 65.6 Å². The minimum Gasteiger partial charge on any atom is -0.456 e. The Morgan fingerprint density at radius 3 is 2.03 bits per heavy atom. The molecule has 9 heteroatoms. The summed E-state index contributed by atoms with van der Waals surface area (Å²) in [5, 5.41) is 11.4. The number of nitrogens with zero attached hydrogens (tertiary/aromatic N) is 3. The van der Waals surface area contributed by atoms with E-state index in [1.165, 1.54) is 16.4 Å². The van der Waals surface area contributed by atoms with Crippen molar-refractivity contribution in [1.82, 2.24) is 4.31 Å². The van der Waals surface area contributed by atoms with Crippen LogP contribution in [0.3, 0.4) is 0 Å². The zero-order valence-corrected chi connectivity index (χ0v) is 20.2. The van der Waals surface area contributed by atoms with Crippen LogP contribution in [-0.2, 0) is 10.0 Å². The van der Waals surface area contributed by atoms with Gasteiger partial charge in [0.25, 0.3) is 5.69 Å². The molecule has 0 amide bonds. The highest BCUT2D eigenvalue weighted by Gasteiger charge is 2.32. The number of non-ortho nitro benzene ring substituents is 1. The highest BCUT2D eigenvalue weighted by atomic mass is 32.2. The van der Waals surface area contributed by atoms with E-state index in [1.807, 2.05) is 51.1 Å². The van der Waals surface area contributed by atoms with Gasteiger partial charge in [0.2, 0.25) is 10.0 Å². The molecule has 1 aliphatic rings. The number of ether oxygens (including phenoxy) is 1. The van der Waals surface area contributed by atoms with E-state index in [9.17, 15) is 18.5 Å². The lowest BCUT2D eigenvalue weighted by molar-refractivity contribution is -0.385. The molecule has 0 N–H and O–H groups in total. The van der Waals surface area contributed by atoms with Gasteiger partial charge in [-0.15, -0.1) is 0 Å². The smallest absolute Gasteiger partial charge is 0.271 e. The van der Waals surface area contributed by atoms with E-state index in [-0.39, 0.29) is 29.4 Å². The van der Waals surface area contributed by atoms with Gasteiger partial charge in [-0.05, 0) is 62.2 Å². The van der Waals surface area contributed by atoms with Crippen molar-refractivity contribution in [2.75, 3.05) is 31.1 Å². The Balaban J connectivity index is 1.62. The van der Waals surface area contributed by atoms with Crippen LogP contribution >= 0.6 is 0 Å². The molecule has 0 aliphatic carbocycles. The molecule has 1 aliphatic heterocycles. The van der Waals surface area contributed by atoms with E-state index in [1.54, 1.807) is 12.1 Å². The molecule has 0 unspecified atom stereocenters. The number of anilines is 1. The lowest BCUT2D eigenvalue weighted by atomic mass is 10.1. The molecule has 1 saturated heterocycles. The molecule has 4 rings (SSSR count). The van der Waals surface area contributed by atoms with E-state index < -0.39 is 14.9 Å². The van der Waals surface area contributed by atoms with Crippen molar-refractivity contribution in [2.45, 2.75) is 25.7 Å². The number of benzene rings is 3. The maximum atomic E-state index is 13.6. The van der Waals surface area contributed by atoms with Crippen LogP contribution in [0.25, 0.3) is 0 Å². The summed E-state index contributed by atoms with van der Waals surface area (Å²) in [4.78, 5) is 12.7. The normalized spacial score (nSPS) is 14.7. The first-order valence-electron chi connectivity index (χ1n) is 11.0. The summed E-state index contributed by atoms with van der Waals surface area (Å²) in [5.74, 6) is 0.545. The second-order valence-corrected chi connectivity index (χ2v) is 10.4. The van der Waals surface area contributed by atoms with Crippen LogP contribution in [0.1, 0.15) is 16.7 Å². The molecule has 0 saturated carbocycles. The molecule has 1 heterocycles. The maximum Gasteiger partial charge on any atom is 0.271 e. The molecular formula is C25H27N3O5S. The lowest BCUT2D eigenvalue weighted by Gasteiger charge is -2.35. The Morgan fingerprint density at radius 2 is 1.44 bits per heavy atom. The summed E-state index contributed by atoms with van der Waals surface area (Å²) >= 11 is 0. The largest absolute Gasteiger partial charge is 0.456 e. The minimum atomic E-state index is -4.02.